The monoisotopic (exact) mass is 467 g/mol. The quantitative estimate of drug-likeness (QED) is 0.315. The number of H-pyrrole nitrogens is 1. The van der Waals surface area contributed by atoms with Gasteiger partial charge in [-0.3, -0.25) is 9.59 Å². The molecular formula is C24H19Cl2N3O3. The number of aromatic nitrogens is 1. The second kappa shape index (κ2) is 8.57. The predicted octanol–water partition coefficient (Wildman–Crippen LogP) is 5.03. The zero-order chi connectivity index (χ0) is 23.0. The highest BCUT2D eigenvalue weighted by Crippen LogP contribution is 2.36. The van der Waals surface area contributed by atoms with Gasteiger partial charge in [-0.25, -0.2) is 0 Å². The van der Waals surface area contributed by atoms with Crippen LogP contribution in [0.15, 0.2) is 59.4 Å². The summed E-state index contributed by atoms with van der Waals surface area (Å²) in [5.74, 6) is -0.869. The molecule has 6 nitrogen and oxygen atoms in total. The number of carbonyl (C=O) groups excluding carboxylic acids is 1. The van der Waals surface area contributed by atoms with Crippen LogP contribution in [0.5, 0.6) is 5.75 Å². The molecule has 8 heteroatoms. The number of amides is 1. The molecule has 1 aromatic heterocycles. The number of rotatable bonds is 4. The summed E-state index contributed by atoms with van der Waals surface area (Å²) in [5, 5.41) is 14.0. The highest BCUT2D eigenvalue weighted by atomic mass is 35.5. The van der Waals surface area contributed by atoms with Gasteiger partial charge in [0.2, 0.25) is 5.43 Å². The smallest absolute Gasteiger partial charge is 0.253 e. The minimum absolute atomic E-state index is 0.0884. The minimum atomic E-state index is -0.619. The molecule has 0 aliphatic rings. The first-order chi connectivity index (χ1) is 15.3. The average Bonchev–Trinajstić information content (AvgIpc) is 2.78. The molecule has 0 unspecified atom stereocenters. The lowest BCUT2D eigenvalue weighted by Gasteiger charge is -2.13. The lowest BCUT2D eigenvalue weighted by Crippen LogP contribution is -2.24. The maximum Gasteiger partial charge on any atom is 0.253 e. The van der Waals surface area contributed by atoms with Gasteiger partial charge >= 0.3 is 0 Å². The molecule has 4 rings (SSSR count). The second-order valence-electron chi connectivity index (χ2n) is 7.37. The summed E-state index contributed by atoms with van der Waals surface area (Å²) in [6, 6.07) is 15.5. The summed E-state index contributed by atoms with van der Waals surface area (Å²) >= 11 is 12.3. The number of para-hydroxylation sites is 1. The van der Waals surface area contributed by atoms with Crippen LogP contribution >= 0.6 is 23.2 Å². The molecule has 162 valence electrons. The molecule has 3 aromatic carbocycles. The van der Waals surface area contributed by atoms with Crippen LogP contribution in [-0.2, 0) is 6.54 Å². The van der Waals surface area contributed by atoms with Crippen molar-refractivity contribution < 1.29 is 9.90 Å². The maximum atomic E-state index is 13.0. The van der Waals surface area contributed by atoms with E-state index in [9.17, 15) is 14.7 Å². The summed E-state index contributed by atoms with van der Waals surface area (Å²) in [6.07, 6.45) is 0. The van der Waals surface area contributed by atoms with E-state index in [0.717, 1.165) is 11.1 Å². The van der Waals surface area contributed by atoms with Crippen LogP contribution in [0, 0.1) is 6.92 Å². The Labute approximate surface area is 193 Å². The van der Waals surface area contributed by atoms with Crippen LogP contribution in [0.4, 0.5) is 5.69 Å². The van der Waals surface area contributed by atoms with Crippen LogP contribution in [0.2, 0.25) is 10.0 Å². The molecule has 0 atom stereocenters. The van der Waals surface area contributed by atoms with Gasteiger partial charge in [-0.1, -0.05) is 53.5 Å². The van der Waals surface area contributed by atoms with Crippen LogP contribution in [0.25, 0.3) is 22.2 Å². The zero-order valence-corrected chi connectivity index (χ0v) is 18.5. The van der Waals surface area contributed by atoms with Gasteiger partial charge in [-0.2, -0.15) is 0 Å². The Morgan fingerprint density at radius 3 is 2.47 bits per heavy atom. The van der Waals surface area contributed by atoms with Crippen molar-refractivity contribution in [3.63, 3.8) is 0 Å². The number of pyridine rings is 1. The van der Waals surface area contributed by atoms with Crippen molar-refractivity contribution >= 4 is 45.7 Å². The van der Waals surface area contributed by atoms with E-state index in [4.69, 9.17) is 28.9 Å². The average molecular weight is 468 g/mol. The first-order valence-corrected chi connectivity index (χ1v) is 10.5. The Bertz CT molecular complexity index is 1410. The van der Waals surface area contributed by atoms with Gasteiger partial charge in [0.05, 0.1) is 37.9 Å². The number of carbonyl (C=O) groups is 1. The Hall–Kier alpha value is -3.48. The topological polar surface area (TPSA) is 108 Å². The van der Waals surface area contributed by atoms with Crippen molar-refractivity contribution in [2.24, 2.45) is 0 Å². The molecule has 1 amide bonds. The molecule has 4 aromatic rings. The van der Waals surface area contributed by atoms with E-state index in [1.165, 1.54) is 12.1 Å². The van der Waals surface area contributed by atoms with E-state index in [0.29, 0.717) is 12.1 Å². The SMILES string of the molecule is Cc1ccccc1CNC(=O)c1cccc2c(=O)c(O)c(-c3cc(Cl)c(N)c(Cl)c3)[nH]c12. The number of aryl methyl sites for hydroxylation is 1. The van der Waals surface area contributed by atoms with E-state index in [1.54, 1.807) is 18.2 Å². The fraction of sp³-hybridized carbons (Fsp3) is 0.0833. The van der Waals surface area contributed by atoms with Crippen LogP contribution < -0.4 is 16.5 Å². The first kappa shape index (κ1) is 21.7. The number of anilines is 1. The van der Waals surface area contributed by atoms with Crippen molar-refractivity contribution in [3.05, 3.63) is 91.6 Å². The van der Waals surface area contributed by atoms with Crippen LogP contribution in [0.3, 0.4) is 0 Å². The van der Waals surface area contributed by atoms with E-state index < -0.39 is 11.2 Å². The van der Waals surface area contributed by atoms with Gasteiger partial charge in [0, 0.05) is 12.1 Å². The van der Waals surface area contributed by atoms with Crippen molar-refractivity contribution in [3.8, 4) is 17.0 Å². The number of nitrogens with one attached hydrogen (secondary N) is 2. The third-order valence-electron chi connectivity index (χ3n) is 5.32. The van der Waals surface area contributed by atoms with E-state index in [-0.39, 0.29) is 43.8 Å². The van der Waals surface area contributed by atoms with Crippen LogP contribution in [0.1, 0.15) is 21.5 Å². The number of halogens is 2. The molecular weight excluding hydrogens is 449 g/mol. The molecule has 0 radical (unpaired) electrons. The maximum absolute atomic E-state index is 13.0. The number of benzene rings is 3. The van der Waals surface area contributed by atoms with E-state index >= 15 is 0 Å². The molecule has 0 saturated heterocycles. The number of aromatic amines is 1. The lowest BCUT2D eigenvalue weighted by atomic mass is 10.0. The fourth-order valence-electron chi connectivity index (χ4n) is 3.51. The van der Waals surface area contributed by atoms with Crippen molar-refractivity contribution in [2.75, 3.05) is 5.73 Å². The highest BCUT2D eigenvalue weighted by molar-refractivity contribution is 6.39. The summed E-state index contributed by atoms with van der Waals surface area (Å²) in [7, 11) is 0. The fourth-order valence-corrected chi connectivity index (χ4v) is 3.99. The molecule has 0 bridgehead atoms. The number of hydrogen-bond donors (Lipinski definition) is 4. The van der Waals surface area contributed by atoms with Gasteiger partial charge in [-0.15, -0.1) is 0 Å². The Morgan fingerprint density at radius 2 is 1.78 bits per heavy atom. The largest absolute Gasteiger partial charge is 0.503 e. The minimum Gasteiger partial charge on any atom is -0.503 e. The number of nitrogens with two attached hydrogens (primary N) is 1. The van der Waals surface area contributed by atoms with E-state index in [2.05, 4.69) is 10.3 Å². The van der Waals surface area contributed by atoms with Gasteiger partial charge in [0.15, 0.2) is 5.75 Å². The number of nitrogen functional groups attached to an aromatic ring is 1. The molecule has 1 heterocycles. The molecule has 32 heavy (non-hydrogen) atoms. The summed E-state index contributed by atoms with van der Waals surface area (Å²) in [6.45, 7) is 2.30. The highest BCUT2D eigenvalue weighted by Gasteiger charge is 2.19. The third-order valence-corrected chi connectivity index (χ3v) is 5.95. The molecule has 0 spiro atoms. The van der Waals surface area contributed by atoms with Crippen LogP contribution in [-0.4, -0.2) is 16.0 Å². The molecule has 0 fully saturated rings. The molecule has 0 aliphatic heterocycles. The first-order valence-electron chi connectivity index (χ1n) is 9.73. The van der Waals surface area contributed by atoms with Crippen molar-refractivity contribution in [2.45, 2.75) is 13.5 Å². The van der Waals surface area contributed by atoms with Gasteiger partial charge in [-0.05, 0) is 42.3 Å². The number of aromatic hydroxyl groups is 1. The van der Waals surface area contributed by atoms with Crippen molar-refractivity contribution in [1.29, 1.82) is 0 Å². The Morgan fingerprint density at radius 1 is 1.09 bits per heavy atom. The second-order valence-corrected chi connectivity index (χ2v) is 8.18. The Kier molecular flexibility index (Phi) is 5.82. The van der Waals surface area contributed by atoms with Crippen molar-refractivity contribution in [1.82, 2.24) is 10.3 Å². The standard InChI is InChI=1S/C24H19Cl2N3O3/c1-12-5-2-3-6-13(12)11-28-24(32)16-8-4-7-15-21(16)29-20(23(31)22(15)30)14-9-17(25)19(27)18(26)10-14/h2-10,31H,11,27H2,1H3,(H,28,32)(H,29,30). The predicted molar refractivity (Wildman–Crippen MR) is 128 cm³/mol. The summed E-state index contributed by atoms with van der Waals surface area (Å²) in [5.41, 5.74) is 8.41. The molecule has 0 aliphatic carbocycles. The summed E-state index contributed by atoms with van der Waals surface area (Å²) < 4.78 is 0. The normalized spacial score (nSPS) is 11.0. The number of fused-ring (bicyclic) bond motifs is 1. The van der Waals surface area contributed by atoms with Gasteiger partial charge in [0.25, 0.3) is 5.91 Å². The third kappa shape index (κ3) is 3.90. The number of hydrogen-bond acceptors (Lipinski definition) is 4. The molecule has 5 N–H and O–H groups in total. The molecule has 0 saturated carbocycles. The zero-order valence-electron chi connectivity index (χ0n) is 17.0. The van der Waals surface area contributed by atoms with Gasteiger partial charge < -0.3 is 21.1 Å². The lowest BCUT2D eigenvalue weighted by molar-refractivity contribution is 0.0952. The van der Waals surface area contributed by atoms with Gasteiger partial charge in [0.1, 0.15) is 0 Å². The summed E-state index contributed by atoms with van der Waals surface area (Å²) in [4.78, 5) is 28.9. The Balaban J connectivity index is 1.81. The van der Waals surface area contributed by atoms with E-state index in [1.807, 2.05) is 31.2 Å².